The molecule has 0 bridgehead atoms. The molecule has 0 aromatic heterocycles. The van der Waals surface area contributed by atoms with E-state index in [1.165, 1.54) is 50.0 Å². The van der Waals surface area contributed by atoms with Gasteiger partial charge in [-0.2, -0.15) is 0 Å². The Morgan fingerprint density at radius 1 is 1.17 bits per heavy atom. The van der Waals surface area contributed by atoms with Crippen molar-refractivity contribution in [2.75, 3.05) is 31.1 Å². The van der Waals surface area contributed by atoms with Crippen LogP contribution in [0.3, 0.4) is 0 Å². The maximum absolute atomic E-state index is 6.49. The van der Waals surface area contributed by atoms with Crippen LogP contribution in [0.25, 0.3) is 0 Å². The average Bonchev–Trinajstić information content (AvgIpc) is 2.93. The summed E-state index contributed by atoms with van der Waals surface area (Å²) in [7, 11) is 0. The van der Waals surface area contributed by atoms with Gasteiger partial charge in [0.1, 0.15) is 0 Å². The number of rotatable bonds is 2. The second-order valence-corrected chi connectivity index (χ2v) is 5.82. The number of hydrogen-bond acceptors (Lipinski definition) is 2. The van der Waals surface area contributed by atoms with Gasteiger partial charge in [-0.15, -0.1) is 0 Å². The minimum atomic E-state index is 0.586. The zero-order valence-corrected chi connectivity index (χ0v) is 11.5. The summed E-state index contributed by atoms with van der Waals surface area (Å²) in [6, 6.07) is 6.39. The smallest absolute Gasteiger partial charge is 0.0461 e. The van der Waals surface area contributed by atoms with Crippen molar-refractivity contribution in [1.82, 2.24) is 5.32 Å². The lowest BCUT2D eigenvalue weighted by atomic mass is 9.90. The first-order chi connectivity index (χ1) is 8.86. The van der Waals surface area contributed by atoms with Crippen molar-refractivity contribution in [3.8, 4) is 0 Å². The van der Waals surface area contributed by atoms with Gasteiger partial charge < -0.3 is 10.2 Å². The van der Waals surface area contributed by atoms with Crippen molar-refractivity contribution in [3.05, 3.63) is 28.8 Å². The Hall–Kier alpha value is -0.730. The number of benzene rings is 1. The molecule has 2 saturated heterocycles. The Labute approximate surface area is 114 Å². The summed E-state index contributed by atoms with van der Waals surface area (Å²) in [4.78, 5) is 2.51. The van der Waals surface area contributed by atoms with Gasteiger partial charge in [0, 0.05) is 30.3 Å². The predicted octanol–water partition coefficient (Wildman–Crippen LogP) is 3.41. The van der Waals surface area contributed by atoms with Crippen molar-refractivity contribution in [3.63, 3.8) is 0 Å². The molecule has 3 rings (SSSR count). The van der Waals surface area contributed by atoms with Crippen LogP contribution < -0.4 is 10.2 Å². The quantitative estimate of drug-likeness (QED) is 0.881. The molecule has 2 aliphatic rings. The molecule has 1 aromatic carbocycles. The number of nitrogens with one attached hydrogen (secondary N) is 1. The first kappa shape index (κ1) is 12.3. The third kappa shape index (κ3) is 2.36. The van der Waals surface area contributed by atoms with Crippen LogP contribution in [0.1, 0.15) is 37.2 Å². The van der Waals surface area contributed by atoms with Gasteiger partial charge in [0.15, 0.2) is 0 Å². The molecule has 2 heterocycles. The average molecular weight is 265 g/mol. The summed E-state index contributed by atoms with van der Waals surface area (Å²) in [5.74, 6) is 0.586. The van der Waals surface area contributed by atoms with E-state index in [0.717, 1.165) is 18.1 Å². The standard InChI is InChI=1S/C15H21ClN2/c16-13-6-3-7-14(18-9-1-2-10-18)15(13)12-5-4-8-17-11-12/h3,6-7,12,17H,1-2,4-5,8-11H2. The largest absolute Gasteiger partial charge is 0.371 e. The number of piperidine rings is 1. The Balaban J connectivity index is 1.94. The van der Waals surface area contributed by atoms with Gasteiger partial charge in [0.25, 0.3) is 0 Å². The topological polar surface area (TPSA) is 15.3 Å². The molecule has 3 heteroatoms. The van der Waals surface area contributed by atoms with E-state index in [2.05, 4.69) is 22.3 Å². The minimum Gasteiger partial charge on any atom is -0.371 e. The summed E-state index contributed by atoms with van der Waals surface area (Å²) >= 11 is 6.49. The SMILES string of the molecule is Clc1cccc(N2CCCC2)c1C1CCCNC1. The molecule has 0 radical (unpaired) electrons. The van der Waals surface area contributed by atoms with Crippen molar-refractivity contribution < 1.29 is 0 Å². The highest BCUT2D eigenvalue weighted by molar-refractivity contribution is 6.31. The lowest BCUT2D eigenvalue weighted by molar-refractivity contribution is 0.461. The second kappa shape index (κ2) is 5.50. The zero-order valence-electron chi connectivity index (χ0n) is 10.8. The summed E-state index contributed by atoms with van der Waals surface area (Å²) in [6.45, 7) is 4.60. The fraction of sp³-hybridized carbons (Fsp3) is 0.600. The Morgan fingerprint density at radius 3 is 2.72 bits per heavy atom. The lowest BCUT2D eigenvalue weighted by Gasteiger charge is -2.29. The van der Waals surface area contributed by atoms with Gasteiger partial charge in [0.05, 0.1) is 0 Å². The van der Waals surface area contributed by atoms with E-state index in [1.807, 2.05) is 6.07 Å². The number of hydrogen-bond donors (Lipinski definition) is 1. The first-order valence-corrected chi connectivity index (χ1v) is 7.48. The van der Waals surface area contributed by atoms with Crippen molar-refractivity contribution in [2.45, 2.75) is 31.6 Å². The van der Waals surface area contributed by atoms with Crippen molar-refractivity contribution in [1.29, 1.82) is 0 Å². The molecular weight excluding hydrogens is 244 g/mol. The van der Waals surface area contributed by atoms with E-state index in [9.17, 15) is 0 Å². The van der Waals surface area contributed by atoms with Crippen LogP contribution in [-0.4, -0.2) is 26.2 Å². The van der Waals surface area contributed by atoms with E-state index in [-0.39, 0.29) is 0 Å². The first-order valence-electron chi connectivity index (χ1n) is 7.10. The van der Waals surface area contributed by atoms with Crippen LogP contribution in [0, 0.1) is 0 Å². The van der Waals surface area contributed by atoms with Crippen LogP contribution in [0.2, 0.25) is 5.02 Å². The molecule has 1 unspecified atom stereocenters. The van der Waals surface area contributed by atoms with Gasteiger partial charge in [0.2, 0.25) is 0 Å². The van der Waals surface area contributed by atoms with Crippen LogP contribution >= 0.6 is 11.6 Å². The van der Waals surface area contributed by atoms with Gasteiger partial charge in [-0.1, -0.05) is 17.7 Å². The Kier molecular flexibility index (Phi) is 3.76. The van der Waals surface area contributed by atoms with Crippen LogP contribution in [0.4, 0.5) is 5.69 Å². The van der Waals surface area contributed by atoms with Crippen LogP contribution in [-0.2, 0) is 0 Å². The Morgan fingerprint density at radius 2 is 2.00 bits per heavy atom. The summed E-state index contributed by atoms with van der Waals surface area (Å²) in [5.41, 5.74) is 2.77. The molecule has 18 heavy (non-hydrogen) atoms. The molecule has 2 aliphatic heterocycles. The van der Waals surface area contributed by atoms with Crippen LogP contribution in [0.5, 0.6) is 0 Å². The minimum absolute atomic E-state index is 0.586. The van der Waals surface area contributed by atoms with E-state index in [0.29, 0.717) is 5.92 Å². The molecule has 0 amide bonds. The number of halogens is 1. The Bertz CT molecular complexity index is 407. The highest BCUT2D eigenvalue weighted by Crippen LogP contribution is 2.38. The monoisotopic (exact) mass is 264 g/mol. The summed E-state index contributed by atoms with van der Waals surface area (Å²) < 4.78 is 0. The summed E-state index contributed by atoms with van der Waals surface area (Å²) in [6.07, 6.45) is 5.15. The van der Waals surface area contributed by atoms with Gasteiger partial charge >= 0.3 is 0 Å². The van der Waals surface area contributed by atoms with Crippen molar-refractivity contribution >= 4 is 17.3 Å². The molecule has 0 aliphatic carbocycles. The van der Waals surface area contributed by atoms with E-state index in [1.54, 1.807) is 0 Å². The molecule has 1 atom stereocenters. The predicted molar refractivity (Wildman–Crippen MR) is 77.7 cm³/mol. The van der Waals surface area contributed by atoms with E-state index < -0.39 is 0 Å². The zero-order chi connectivity index (χ0) is 12.4. The third-order valence-electron chi connectivity index (χ3n) is 4.18. The summed E-state index contributed by atoms with van der Waals surface area (Å²) in [5, 5.41) is 4.45. The molecule has 2 fully saturated rings. The maximum Gasteiger partial charge on any atom is 0.0461 e. The molecule has 1 aromatic rings. The van der Waals surface area contributed by atoms with Gasteiger partial charge in [-0.3, -0.25) is 0 Å². The van der Waals surface area contributed by atoms with E-state index in [4.69, 9.17) is 11.6 Å². The molecule has 1 N–H and O–H groups in total. The fourth-order valence-electron chi connectivity index (χ4n) is 3.26. The molecule has 0 spiro atoms. The fourth-order valence-corrected chi connectivity index (χ4v) is 3.59. The van der Waals surface area contributed by atoms with Gasteiger partial charge in [-0.05, 0) is 55.8 Å². The normalized spacial score (nSPS) is 24.5. The molecule has 0 saturated carbocycles. The highest BCUT2D eigenvalue weighted by atomic mass is 35.5. The maximum atomic E-state index is 6.49. The third-order valence-corrected chi connectivity index (χ3v) is 4.51. The van der Waals surface area contributed by atoms with Crippen LogP contribution in [0.15, 0.2) is 18.2 Å². The highest BCUT2D eigenvalue weighted by Gasteiger charge is 2.24. The lowest BCUT2D eigenvalue weighted by Crippen LogP contribution is -2.30. The van der Waals surface area contributed by atoms with Crippen molar-refractivity contribution in [2.24, 2.45) is 0 Å². The number of anilines is 1. The molecule has 2 nitrogen and oxygen atoms in total. The number of nitrogens with zero attached hydrogens (tertiary/aromatic N) is 1. The molecular formula is C15H21ClN2. The second-order valence-electron chi connectivity index (χ2n) is 5.41. The van der Waals surface area contributed by atoms with E-state index >= 15 is 0 Å². The van der Waals surface area contributed by atoms with Gasteiger partial charge in [-0.25, -0.2) is 0 Å². The molecule has 98 valence electrons.